The predicted molar refractivity (Wildman–Crippen MR) is 87.4 cm³/mol. The molecule has 1 aliphatic rings. The molecular weight excluding hydrogens is 284 g/mol. The average Bonchev–Trinajstić information content (AvgIpc) is 3.05. The van der Waals surface area contributed by atoms with Crippen LogP contribution in [-0.4, -0.2) is 22.0 Å². The van der Waals surface area contributed by atoms with Gasteiger partial charge in [0.1, 0.15) is 17.1 Å². The Morgan fingerprint density at radius 2 is 2.10 bits per heavy atom. The Balaban J connectivity index is 2.20. The maximum atomic E-state index is 6.00. The molecule has 1 saturated carbocycles. The summed E-state index contributed by atoms with van der Waals surface area (Å²) in [5.74, 6) is 2.58. The lowest BCUT2D eigenvalue weighted by molar-refractivity contribution is 0.329. The Morgan fingerprint density at radius 3 is 2.76 bits per heavy atom. The van der Waals surface area contributed by atoms with E-state index in [0.29, 0.717) is 12.5 Å². The van der Waals surface area contributed by atoms with Crippen LogP contribution in [0.15, 0.2) is 18.2 Å². The van der Waals surface area contributed by atoms with Gasteiger partial charge >= 0.3 is 0 Å². The van der Waals surface area contributed by atoms with Crippen LogP contribution in [0.3, 0.4) is 0 Å². The van der Waals surface area contributed by atoms with Crippen LogP contribution in [0.4, 0.5) is 0 Å². The zero-order chi connectivity index (χ0) is 14.9. The number of benzene rings is 1. The summed E-state index contributed by atoms with van der Waals surface area (Å²) in [6.07, 6.45) is 5.82. The average molecular weight is 307 g/mol. The van der Waals surface area contributed by atoms with E-state index < -0.39 is 0 Å². The van der Waals surface area contributed by atoms with Gasteiger partial charge in [-0.2, -0.15) is 0 Å². The molecule has 1 fully saturated rings. The summed E-state index contributed by atoms with van der Waals surface area (Å²) in [4.78, 5) is 4.86. The zero-order valence-corrected chi connectivity index (χ0v) is 13.6. The fourth-order valence-corrected chi connectivity index (χ4v) is 3.78. The van der Waals surface area contributed by atoms with E-state index >= 15 is 0 Å². The largest absolute Gasteiger partial charge is 0.492 e. The van der Waals surface area contributed by atoms with E-state index in [4.69, 9.17) is 21.3 Å². The van der Waals surface area contributed by atoms with Gasteiger partial charge in [-0.25, -0.2) is 4.98 Å². The van der Waals surface area contributed by atoms with Crippen LogP contribution in [0.25, 0.3) is 11.0 Å². The van der Waals surface area contributed by atoms with Crippen molar-refractivity contribution in [2.45, 2.75) is 51.5 Å². The number of aromatic nitrogens is 2. The lowest BCUT2D eigenvalue weighted by atomic mass is 9.99. The third kappa shape index (κ3) is 2.52. The third-order valence-electron chi connectivity index (χ3n) is 4.56. The first-order chi connectivity index (χ1) is 10.2. The summed E-state index contributed by atoms with van der Waals surface area (Å²) in [6, 6.07) is 6.23. The van der Waals surface area contributed by atoms with Crippen molar-refractivity contribution in [2.75, 3.05) is 12.5 Å². The molecule has 0 atom stereocenters. The summed E-state index contributed by atoms with van der Waals surface area (Å²) >= 11 is 6.00. The standard InChI is InChI=1S/C17H23ClN2O/c1-3-21-14-8-6-7-13-16(14)19-15(9-12-18)20(13)17(2)10-4-5-11-17/h6-8H,3-5,9-12H2,1-2H3. The topological polar surface area (TPSA) is 27.1 Å². The molecule has 0 radical (unpaired) electrons. The number of rotatable bonds is 5. The second-order valence-corrected chi connectivity index (χ2v) is 6.44. The van der Waals surface area contributed by atoms with Crippen molar-refractivity contribution in [1.29, 1.82) is 0 Å². The van der Waals surface area contributed by atoms with Crippen LogP contribution in [0, 0.1) is 0 Å². The van der Waals surface area contributed by atoms with Crippen molar-refractivity contribution >= 4 is 22.6 Å². The number of nitrogens with zero attached hydrogens (tertiary/aromatic N) is 2. The number of fused-ring (bicyclic) bond motifs is 1. The molecule has 3 rings (SSSR count). The summed E-state index contributed by atoms with van der Waals surface area (Å²) in [5.41, 5.74) is 2.33. The number of aryl methyl sites for hydroxylation is 1. The minimum Gasteiger partial charge on any atom is -0.492 e. The van der Waals surface area contributed by atoms with E-state index in [1.54, 1.807) is 0 Å². The Labute approximate surface area is 131 Å². The molecule has 0 spiro atoms. The lowest BCUT2D eigenvalue weighted by Crippen LogP contribution is -2.28. The molecule has 0 bridgehead atoms. The first kappa shape index (κ1) is 14.7. The molecular formula is C17H23ClN2O. The quantitative estimate of drug-likeness (QED) is 0.760. The van der Waals surface area contributed by atoms with E-state index in [-0.39, 0.29) is 5.54 Å². The van der Waals surface area contributed by atoms with Crippen molar-refractivity contribution in [3.05, 3.63) is 24.0 Å². The second-order valence-electron chi connectivity index (χ2n) is 6.06. The number of hydrogen-bond donors (Lipinski definition) is 0. The SMILES string of the molecule is CCOc1cccc2c1nc(CCCl)n2C1(C)CCCC1. The third-order valence-corrected chi connectivity index (χ3v) is 4.75. The number of alkyl halides is 1. The highest BCUT2D eigenvalue weighted by molar-refractivity contribution is 6.17. The van der Waals surface area contributed by atoms with Crippen molar-refractivity contribution in [3.63, 3.8) is 0 Å². The van der Waals surface area contributed by atoms with Crippen molar-refractivity contribution in [1.82, 2.24) is 9.55 Å². The molecule has 21 heavy (non-hydrogen) atoms. The van der Waals surface area contributed by atoms with Crippen LogP contribution in [0.1, 0.15) is 45.4 Å². The molecule has 1 aromatic heterocycles. The van der Waals surface area contributed by atoms with Gasteiger partial charge < -0.3 is 9.30 Å². The smallest absolute Gasteiger partial charge is 0.147 e. The summed E-state index contributed by atoms with van der Waals surface area (Å²) < 4.78 is 8.18. The molecule has 1 aromatic carbocycles. The first-order valence-electron chi connectivity index (χ1n) is 7.89. The molecule has 1 aliphatic carbocycles. The van der Waals surface area contributed by atoms with Crippen molar-refractivity contribution < 1.29 is 4.74 Å². The van der Waals surface area contributed by atoms with Crippen LogP contribution < -0.4 is 4.74 Å². The normalized spacial score (nSPS) is 17.5. The minimum atomic E-state index is 0.168. The number of hydrogen-bond acceptors (Lipinski definition) is 2. The van der Waals surface area contributed by atoms with Crippen LogP contribution in [-0.2, 0) is 12.0 Å². The molecule has 0 amide bonds. The van der Waals surface area contributed by atoms with Crippen LogP contribution in [0.2, 0.25) is 0 Å². The number of ether oxygens (including phenoxy) is 1. The molecule has 4 heteroatoms. The van der Waals surface area contributed by atoms with Gasteiger partial charge in [0.25, 0.3) is 0 Å². The highest BCUT2D eigenvalue weighted by Crippen LogP contribution is 2.40. The molecule has 1 heterocycles. The molecule has 114 valence electrons. The first-order valence-corrected chi connectivity index (χ1v) is 8.42. The molecule has 0 N–H and O–H groups in total. The van der Waals surface area contributed by atoms with E-state index in [9.17, 15) is 0 Å². The maximum Gasteiger partial charge on any atom is 0.147 e. The minimum absolute atomic E-state index is 0.168. The highest BCUT2D eigenvalue weighted by Gasteiger charge is 2.34. The highest BCUT2D eigenvalue weighted by atomic mass is 35.5. The lowest BCUT2D eigenvalue weighted by Gasteiger charge is -2.29. The van der Waals surface area contributed by atoms with Gasteiger partial charge in [0, 0.05) is 17.8 Å². The molecule has 0 aliphatic heterocycles. The molecule has 0 saturated heterocycles. The fraction of sp³-hybridized carbons (Fsp3) is 0.588. The second kappa shape index (κ2) is 5.88. The number of halogens is 1. The summed E-state index contributed by atoms with van der Waals surface area (Å²) in [5, 5.41) is 0. The van der Waals surface area contributed by atoms with E-state index in [2.05, 4.69) is 23.6 Å². The van der Waals surface area contributed by atoms with E-state index in [1.165, 1.54) is 31.2 Å². The van der Waals surface area contributed by atoms with Crippen LogP contribution in [0.5, 0.6) is 5.75 Å². The molecule has 3 nitrogen and oxygen atoms in total. The van der Waals surface area contributed by atoms with E-state index in [1.807, 2.05) is 13.0 Å². The predicted octanol–water partition coefficient (Wildman–Crippen LogP) is 4.51. The molecule has 2 aromatic rings. The number of imidazole rings is 1. The molecule has 0 unspecified atom stereocenters. The van der Waals surface area contributed by atoms with Gasteiger partial charge in [-0.3, -0.25) is 0 Å². The van der Waals surface area contributed by atoms with Gasteiger partial charge in [-0.05, 0) is 38.8 Å². The van der Waals surface area contributed by atoms with Gasteiger partial charge in [0.2, 0.25) is 0 Å². The summed E-state index contributed by atoms with van der Waals surface area (Å²) in [6.45, 7) is 5.02. The van der Waals surface area contributed by atoms with Crippen molar-refractivity contribution in [2.24, 2.45) is 0 Å². The Kier molecular flexibility index (Phi) is 4.12. The maximum absolute atomic E-state index is 6.00. The van der Waals surface area contributed by atoms with E-state index in [0.717, 1.165) is 23.5 Å². The summed E-state index contributed by atoms with van der Waals surface area (Å²) in [7, 11) is 0. The van der Waals surface area contributed by atoms with Gasteiger partial charge in [-0.1, -0.05) is 18.9 Å². The Morgan fingerprint density at radius 1 is 1.33 bits per heavy atom. The Bertz CT molecular complexity index is 629. The van der Waals surface area contributed by atoms with Gasteiger partial charge in [0.15, 0.2) is 0 Å². The monoisotopic (exact) mass is 306 g/mol. The van der Waals surface area contributed by atoms with Gasteiger partial charge in [0.05, 0.1) is 12.1 Å². The zero-order valence-electron chi connectivity index (χ0n) is 12.9. The number of para-hydroxylation sites is 1. The Hall–Kier alpha value is -1.22. The van der Waals surface area contributed by atoms with Crippen molar-refractivity contribution in [3.8, 4) is 5.75 Å². The van der Waals surface area contributed by atoms with Crippen LogP contribution >= 0.6 is 11.6 Å². The fourth-order valence-electron chi connectivity index (χ4n) is 3.61. The van der Waals surface area contributed by atoms with Gasteiger partial charge in [-0.15, -0.1) is 11.6 Å².